The van der Waals surface area contributed by atoms with E-state index in [1.165, 1.54) is 44.9 Å². The molecule has 108 valence electrons. The van der Waals surface area contributed by atoms with Crippen LogP contribution in [0.15, 0.2) is 0 Å². The first-order chi connectivity index (χ1) is 8.77. The molecule has 1 fully saturated rings. The van der Waals surface area contributed by atoms with Crippen LogP contribution < -0.4 is 5.32 Å². The smallest absolute Gasteiger partial charge is 0.0784 e. The summed E-state index contributed by atoms with van der Waals surface area (Å²) in [7, 11) is 1.74. The van der Waals surface area contributed by atoms with Crippen LogP contribution >= 0.6 is 0 Å². The number of hydrogen-bond acceptors (Lipinski definition) is 3. The minimum absolute atomic E-state index is 0.199. The van der Waals surface area contributed by atoms with E-state index in [-0.39, 0.29) is 6.10 Å². The second kappa shape index (κ2) is 9.76. The van der Waals surface area contributed by atoms with Crippen molar-refractivity contribution in [1.82, 2.24) is 5.32 Å². The molecule has 1 N–H and O–H groups in total. The molecule has 1 aliphatic carbocycles. The summed E-state index contributed by atoms with van der Waals surface area (Å²) in [5, 5.41) is 3.67. The number of ether oxygens (including phenoxy) is 2. The summed E-state index contributed by atoms with van der Waals surface area (Å²) < 4.78 is 11.4. The summed E-state index contributed by atoms with van der Waals surface area (Å²) in [5.74, 6) is 0. The van der Waals surface area contributed by atoms with Crippen LogP contribution in [-0.2, 0) is 9.47 Å². The summed E-state index contributed by atoms with van der Waals surface area (Å²) in [6.45, 7) is 6.12. The lowest BCUT2D eigenvalue weighted by molar-refractivity contribution is -0.0601. The molecular weight excluding hydrogens is 226 g/mol. The fourth-order valence-electron chi connectivity index (χ4n) is 2.75. The first kappa shape index (κ1) is 15.9. The van der Waals surface area contributed by atoms with Gasteiger partial charge in [-0.1, -0.05) is 32.6 Å². The third-order valence-electron chi connectivity index (χ3n) is 3.67. The molecule has 0 amide bonds. The van der Waals surface area contributed by atoms with E-state index in [1.807, 2.05) is 0 Å². The van der Waals surface area contributed by atoms with Crippen molar-refractivity contribution in [1.29, 1.82) is 0 Å². The quantitative estimate of drug-likeness (QED) is 0.760. The van der Waals surface area contributed by atoms with Crippen molar-refractivity contribution in [2.45, 2.75) is 77.0 Å². The normalized spacial score (nSPS) is 27.5. The highest BCUT2D eigenvalue weighted by molar-refractivity contribution is 4.80. The standard InChI is InChI=1S/C15H31NO2/c1-4-11-16-14-9-7-5-6-8-10-15(14)18-13(2)12-17-3/h13-16H,4-12H2,1-3H3. The molecule has 0 aromatic carbocycles. The van der Waals surface area contributed by atoms with E-state index in [9.17, 15) is 0 Å². The van der Waals surface area contributed by atoms with Gasteiger partial charge < -0.3 is 14.8 Å². The molecule has 0 aromatic heterocycles. The van der Waals surface area contributed by atoms with Crippen LogP contribution in [0.3, 0.4) is 0 Å². The molecule has 0 heterocycles. The van der Waals surface area contributed by atoms with Gasteiger partial charge in [0.05, 0.1) is 18.8 Å². The summed E-state index contributed by atoms with van der Waals surface area (Å²) in [6.07, 6.45) is 9.57. The highest BCUT2D eigenvalue weighted by Crippen LogP contribution is 2.21. The zero-order valence-electron chi connectivity index (χ0n) is 12.4. The van der Waals surface area contributed by atoms with E-state index in [2.05, 4.69) is 19.2 Å². The summed E-state index contributed by atoms with van der Waals surface area (Å²) >= 11 is 0. The lowest BCUT2D eigenvalue weighted by Crippen LogP contribution is -2.44. The number of methoxy groups -OCH3 is 1. The predicted octanol–water partition coefficient (Wildman–Crippen LogP) is 3.13. The van der Waals surface area contributed by atoms with Crippen molar-refractivity contribution in [2.24, 2.45) is 0 Å². The average molecular weight is 257 g/mol. The molecule has 0 spiro atoms. The molecular formula is C15H31NO2. The second-order valence-electron chi connectivity index (χ2n) is 5.49. The van der Waals surface area contributed by atoms with E-state index < -0.39 is 0 Å². The Morgan fingerprint density at radius 3 is 2.56 bits per heavy atom. The Kier molecular flexibility index (Phi) is 8.64. The van der Waals surface area contributed by atoms with Gasteiger partial charge in [-0.25, -0.2) is 0 Å². The molecule has 0 radical (unpaired) electrons. The first-order valence-corrected chi connectivity index (χ1v) is 7.65. The Morgan fingerprint density at radius 1 is 1.17 bits per heavy atom. The Hall–Kier alpha value is -0.120. The van der Waals surface area contributed by atoms with E-state index in [4.69, 9.17) is 9.47 Å². The molecule has 1 rings (SSSR count). The maximum absolute atomic E-state index is 6.19. The van der Waals surface area contributed by atoms with Crippen LogP contribution in [0, 0.1) is 0 Å². The SMILES string of the molecule is CCCNC1CCCCCCC1OC(C)COC. The summed E-state index contributed by atoms with van der Waals surface area (Å²) in [4.78, 5) is 0. The molecule has 0 aromatic rings. The van der Waals surface area contributed by atoms with E-state index in [0.717, 1.165) is 6.54 Å². The Labute approximate surface area is 113 Å². The maximum Gasteiger partial charge on any atom is 0.0784 e. The molecule has 0 saturated heterocycles. The van der Waals surface area contributed by atoms with Gasteiger partial charge >= 0.3 is 0 Å². The van der Waals surface area contributed by atoms with Gasteiger partial charge in [0.1, 0.15) is 0 Å². The van der Waals surface area contributed by atoms with Crippen molar-refractivity contribution in [3.05, 3.63) is 0 Å². The fourth-order valence-corrected chi connectivity index (χ4v) is 2.75. The van der Waals surface area contributed by atoms with E-state index in [1.54, 1.807) is 7.11 Å². The lowest BCUT2D eigenvalue weighted by Gasteiger charge is -2.32. The molecule has 1 saturated carbocycles. The van der Waals surface area contributed by atoms with E-state index >= 15 is 0 Å². The van der Waals surface area contributed by atoms with E-state index in [0.29, 0.717) is 18.8 Å². The number of rotatable bonds is 7. The third kappa shape index (κ3) is 6.17. The van der Waals surface area contributed by atoms with Crippen molar-refractivity contribution in [3.63, 3.8) is 0 Å². The van der Waals surface area contributed by atoms with Gasteiger partial charge in [-0.15, -0.1) is 0 Å². The second-order valence-corrected chi connectivity index (χ2v) is 5.49. The van der Waals surface area contributed by atoms with Gasteiger partial charge in [-0.05, 0) is 32.7 Å². The Balaban J connectivity index is 2.47. The van der Waals surface area contributed by atoms with Crippen molar-refractivity contribution in [3.8, 4) is 0 Å². The highest BCUT2D eigenvalue weighted by Gasteiger charge is 2.24. The minimum atomic E-state index is 0.199. The molecule has 3 heteroatoms. The maximum atomic E-state index is 6.19. The molecule has 0 bridgehead atoms. The Bertz CT molecular complexity index is 197. The summed E-state index contributed by atoms with van der Waals surface area (Å²) in [5.41, 5.74) is 0. The first-order valence-electron chi connectivity index (χ1n) is 7.65. The van der Waals surface area contributed by atoms with Gasteiger partial charge in [0.2, 0.25) is 0 Å². The molecule has 1 aliphatic rings. The van der Waals surface area contributed by atoms with Gasteiger partial charge in [0.15, 0.2) is 0 Å². The van der Waals surface area contributed by atoms with Crippen molar-refractivity contribution >= 4 is 0 Å². The van der Waals surface area contributed by atoms with Crippen LogP contribution in [0.5, 0.6) is 0 Å². The molecule has 3 nitrogen and oxygen atoms in total. The van der Waals surface area contributed by atoms with Gasteiger partial charge in [0, 0.05) is 13.2 Å². The number of nitrogens with one attached hydrogen (secondary N) is 1. The van der Waals surface area contributed by atoms with Crippen LogP contribution in [-0.4, -0.2) is 38.5 Å². The van der Waals surface area contributed by atoms with Crippen LogP contribution in [0.2, 0.25) is 0 Å². The zero-order chi connectivity index (χ0) is 13.2. The monoisotopic (exact) mass is 257 g/mol. The molecule has 3 atom stereocenters. The largest absolute Gasteiger partial charge is 0.382 e. The average Bonchev–Trinajstić information content (AvgIpc) is 2.32. The molecule has 0 aliphatic heterocycles. The minimum Gasteiger partial charge on any atom is -0.382 e. The van der Waals surface area contributed by atoms with Crippen molar-refractivity contribution < 1.29 is 9.47 Å². The third-order valence-corrected chi connectivity index (χ3v) is 3.67. The van der Waals surface area contributed by atoms with Gasteiger partial charge in [-0.3, -0.25) is 0 Å². The zero-order valence-corrected chi connectivity index (χ0v) is 12.4. The Morgan fingerprint density at radius 2 is 1.89 bits per heavy atom. The predicted molar refractivity (Wildman–Crippen MR) is 76.0 cm³/mol. The molecule has 18 heavy (non-hydrogen) atoms. The summed E-state index contributed by atoms with van der Waals surface area (Å²) in [6, 6.07) is 0.532. The fraction of sp³-hybridized carbons (Fsp3) is 1.00. The van der Waals surface area contributed by atoms with Crippen LogP contribution in [0.1, 0.15) is 58.8 Å². The van der Waals surface area contributed by atoms with Gasteiger partial charge in [0.25, 0.3) is 0 Å². The lowest BCUT2D eigenvalue weighted by atomic mass is 9.94. The topological polar surface area (TPSA) is 30.5 Å². The van der Waals surface area contributed by atoms with Crippen LogP contribution in [0.4, 0.5) is 0 Å². The highest BCUT2D eigenvalue weighted by atomic mass is 16.5. The van der Waals surface area contributed by atoms with Gasteiger partial charge in [-0.2, -0.15) is 0 Å². The van der Waals surface area contributed by atoms with Crippen LogP contribution in [0.25, 0.3) is 0 Å². The van der Waals surface area contributed by atoms with Crippen molar-refractivity contribution in [2.75, 3.05) is 20.3 Å². The number of hydrogen-bond donors (Lipinski definition) is 1. The molecule has 3 unspecified atom stereocenters.